The average Bonchev–Trinajstić information content (AvgIpc) is 2.35. The van der Waals surface area contributed by atoms with Gasteiger partial charge in [0.05, 0.1) is 5.60 Å². The van der Waals surface area contributed by atoms with Gasteiger partial charge in [-0.15, -0.1) is 0 Å². The van der Waals surface area contributed by atoms with E-state index in [9.17, 15) is 9.50 Å². The van der Waals surface area contributed by atoms with Gasteiger partial charge >= 0.3 is 0 Å². The molecule has 0 spiro atoms. The van der Waals surface area contributed by atoms with Gasteiger partial charge in [0.1, 0.15) is 11.0 Å². The summed E-state index contributed by atoms with van der Waals surface area (Å²) >= 11 is 6.28. The predicted octanol–water partition coefficient (Wildman–Crippen LogP) is 4.86. The molecule has 0 aliphatic heterocycles. The van der Waals surface area contributed by atoms with E-state index in [1.54, 1.807) is 19.9 Å². The van der Waals surface area contributed by atoms with Gasteiger partial charge in [0.25, 0.3) is 0 Å². The van der Waals surface area contributed by atoms with Gasteiger partial charge in [-0.1, -0.05) is 23.7 Å². The maximum absolute atomic E-state index is 14.3. The third-order valence-corrected chi connectivity index (χ3v) is 3.92. The number of hydrogen-bond acceptors (Lipinski definition) is 2. The fourth-order valence-electron chi connectivity index (χ4n) is 2.41. The normalized spacial score (nSPS) is 11.8. The zero-order valence-electron chi connectivity index (χ0n) is 13.4. The minimum absolute atomic E-state index is 0.272. The fraction of sp³-hybridized carbons (Fsp3) is 0.389. The highest BCUT2D eigenvalue weighted by Gasteiger charge is 2.19. The summed E-state index contributed by atoms with van der Waals surface area (Å²) in [5.74, 6) is -0.272. The largest absolute Gasteiger partial charge is 0.390 e. The van der Waals surface area contributed by atoms with Crippen molar-refractivity contribution in [2.45, 2.75) is 46.1 Å². The van der Waals surface area contributed by atoms with E-state index in [1.807, 2.05) is 26.0 Å². The number of benzene rings is 1. The second kappa shape index (κ2) is 6.35. The molecule has 4 heteroatoms. The number of halogens is 2. The summed E-state index contributed by atoms with van der Waals surface area (Å²) in [5.41, 5.74) is 2.85. The molecule has 2 aromatic rings. The molecule has 0 bridgehead atoms. The molecular formula is C18H21ClFNO. The Kier molecular flexibility index (Phi) is 4.88. The molecular weight excluding hydrogens is 301 g/mol. The van der Waals surface area contributed by atoms with E-state index in [1.165, 1.54) is 6.07 Å². The van der Waals surface area contributed by atoms with Gasteiger partial charge in [-0.05, 0) is 69.4 Å². The highest BCUT2D eigenvalue weighted by atomic mass is 35.5. The highest BCUT2D eigenvalue weighted by Crippen LogP contribution is 2.33. The van der Waals surface area contributed by atoms with Crippen LogP contribution >= 0.6 is 11.6 Å². The molecule has 1 aromatic heterocycles. The van der Waals surface area contributed by atoms with Gasteiger partial charge in [0.2, 0.25) is 0 Å². The van der Waals surface area contributed by atoms with E-state index in [0.29, 0.717) is 23.6 Å². The molecule has 2 nitrogen and oxygen atoms in total. The summed E-state index contributed by atoms with van der Waals surface area (Å²) in [6.45, 7) is 7.18. The molecule has 1 aromatic carbocycles. The van der Waals surface area contributed by atoms with Crippen LogP contribution in [0.5, 0.6) is 0 Å². The minimum Gasteiger partial charge on any atom is -0.390 e. The van der Waals surface area contributed by atoms with Gasteiger partial charge in [0.15, 0.2) is 0 Å². The van der Waals surface area contributed by atoms with Crippen LogP contribution in [0.25, 0.3) is 11.1 Å². The minimum atomic E-state index is -0.808. The van der Waals surface area contributed by atoms with Crippen LogP contribution in [0.1, 0.15) is 37.1 Å². The summed E-state index contributed by atoms with van der Waals surface area (Å²) in [4.78, 5) is 4.27. The summed E-state index contributed by atoms with van der Waals surface area (Å²) < 4.78 is 14.3. The quantitative estimate of drug-likeness (QED) is 0.816. The maximum Gasteiger partial charge on any atom is 0.133 e. The Morgan fingerprint density at radius 1 is 1.18 bits per heavy atom. The molecule has 0 aliphatic carbocycles. The monoisotopic (exact) mass is 321 g/mol. The van der Waals surface area contributed by atoms with Gasteiger partial charge in [-0.3, -0.25) is 0 Å². The van der Waals surface area contributed by atoms with Crippen LogP contribution in [0.3, 0.4) is 0 Å². The molecule has 0 radical (unpaired) electrons. The van der Waals surface area contributed by atoms with Crippen LogP contribution in [0.2, 0.25) is 5.15 Å². The summed E-state index contributed by atoms with van der Waals surface area (Å²) in [6, 6.07) is 7.00. The van der Waals surface area contributed by atoms with Crippen LogP contribution in [0.4, 0.5) is 4.39 Å². The lowest BCUT2D eigenvalue weighted by atomic mass is 9.93. The first-order chi connectivity index (χ1) is 10.2. The van der Waals surface area contributed by atoms with Gasteiger partial charge in [0, 0.05) is 11.3 Å². The smallest absolute Gasteiger partial charge is 0.133 e. The Morgan fingerprint density at radius 2 is 1.86 bits per heavy atom. The van der Waals surface area contributed by atoms with Gasteiger partial charge in [-0.25, -0.2) is 9.37 Å². The molecule has 0 saturated heterocycles. The van der Waals surface area contributed by atoms with Crippen molar-refractivity contribution in [2.75, 3.05) is 0 Å². The molecule has 0 amide bonds. The Bertz CT molecular complexity index is 692. The van der Waals surface area contributed by atoms with Crippen molar-refractivity contribution in [3.05, 3.63) is 52.1 Å². The number of nitrogens with zero attached hydrogens (tertiary/aromatic N) is 1. The van der Waals surface area contributed by atoms with E-state index in [4.69, 9.17) is 11.6 Å². The lowest BCUT2D eigenvalue weighted by Gasteiger charge is -2.19. The van der Waals surface area contributed by atoms with Crippen molar-refractivity contribution in [2.24, 2.45) is 0 Å². The molecule has 0 atom stereocenters. The predicted molar refractivity (Wildman–Crippen MR) is 88.7 cm³/mol. The van der Waals surface area contributed by atoms with Crippen molar-refractivity contribution < 1.29 is 9.50 Å². The van der Waals surface area contributed by atoms with Crippen molar-refractivity contribution in [3.8, 4) is 11.1 Å². The number of aromatic nitrogens is 1. The third-order valence-electron chi connectivity index (χ3n) is 3.60. The van der Waals surface area contributed by atoms with Gasteiger partial charge in [-0.2, -0.15) is 0 Å². The standard InChI is InChI=1S/C18H21ClFNO/c1-11-5-6-13(16(20)9-11)15-10-12(2)21-17(19)14(15)7-8-18(3,4)22/h5-6,9-10,22H,7-8H2,1-4H3. The first kappa shape index (κ1) is 16.9. The van der Waals surface area contributed by atoms with E-state index in [-0.39, 0.29) is 5.82 Å². The Labute approximate surface area is 136 Å². The van der Waals surface area contributed by atoms with Crippen molar-refractivity contribution >= 4 is 11.6 Å². The zero-order chi connectivity index (χ0) is 16.5. The molecule has 0 fully saturated rings. The second-order valence-electron chi connectivity index (χ2n) is 6.38. The molecule has 2 rings (SSSR count). The van der Waals surface area contributed by atoms with E-state index in [2.05, 4.69) is 4.98 Å². The fourth-order valence-corrected chi connectivity index (χ4v) is 2.74. The van der Waals surface area contributed by atoms with E-state index < -0.39 is 5.60 Å². The van der Waals surface area contributed by atoms with Crippen LogP contribution in [-0.4, -0.2) is 15.7 Å². The molecule has 0 unspecified atom stereocenters. The van der Waals surface area contributed by atoms with E-state index in [0.717, 1.165) is 22.4 Å². The van der Waals surface area contributed by atoms with Crippen LogP contribution in [0, 0.1) is 19.7 Å². The number of aryl methyl sites for hydroxylation is 2. The van der Waals surface area contributed by atoms with Gasteiger partial charge < -0.3 is 5.11 Å². The summed E-state index contributed by atoms with van der Waals surface area (Å²) in [7, 11) is 0. The van der Waals surface area contributed by atoms with Crippen LogP contribution < -0.4 is 0 Å². The topological polar surface area (TPSA) is 33.1 Å². The number of hydrogen-bond donors (Lipinski definition) is 1. The average molecular weight is 322 g/mol. The Balaban J connectivity index is 2.53. The Morgan fingerprint density at radius 3 is 2.45 bits per heavy atom. The number of rotatable bonds is 4. The maximum atomic E-state index is 14.3. The van der Waals surface area contributed by atoms with E-state index >= 15 is 0 Å². The summed E-state index contributed by atoms with van der Waals surface area (Å²) in [6.07, 6.45) is 1.07. The molecule has 0 saturated carbocycles. The SMILES string of the molecule is Cc1ccc(-c2cc(C)nc(Cl)c2CCC(C)(C)O)c(F)c1. The second-order valence-corrected chi connectivity index (χ2v) is 6.73. The first-order valence-corrected chi connectivity index (χ1v) is 7.70. The van der Waals surface area contributed by atoms with Crippen molar-refractivity contribution in [1.82, 2.24) is 4.98 Å². The zero-order valence-corrected chi connectivity index (χ0v) is 14.1. The molecule has 0 aliphatic rings. The van der Waals surface area contributed by atoms with Crippen LogP contribution in [0.15, 0.2) is 24.3 Å². The summed E-state index contributed by atoms with van der Waals surface area (Å²) in [5, 5.41) is 10.3. The molecule has 118 valence electrons. The lowest BCUT2D eigenvalue weighted by molar-refractivity contribution is 0.0714. The van der Waals surface area contributed by atoms with Crippen molar-refractivity contribution in [3.63, 3.8) is 0 Å². The van der Waals surface area contributed by atoms with Crippen LogP contribution in [-0.2, 0) is 6.42 Å². The van der Waals surface area contributed by atoms with Crippen molar-refractivity contribution in [1.29, 1.82) is 0 Å². The third kappa shape index (κ3) is 4.05. The first-order valence-electron chi connectivity index (χ1n) is 7.32. The lowest BCUT2D eigenvalue weighted by Crippen LogP contribution is -2.19. The molecule has 1 heterocycles. The molecule has 22 heavy (non-hydrogen) atoms. The highest BCUT2D eigenvalue weighted by molar-refractivity contribution is 6.30. The number of aliphatic hydroxyl groups is 1. The number of pyridine rings is 1. The molecule has 1 N–H and O–H groups in total. The Hall–Kier alpha value is -1.45.